The lowest BCUT2D eigenvalue weighted by molar-refractivity contribution is 0.0265. The van der Waals surface area contributed by atoms with Crippen LogP contribution in [0.3, 0.4) is 0 Å². The molecular formula is C11H20O2. The Bertz CT molecular complexity index is 193. The van der Waals surface area contributed by atoms with Gasteiger partial charge in [0, 0.05) is 0 Å². The Morgan fingerprint density at radius 3 is 2.23 bits per heavy atom. The van der Waals surface area contributed by atoms with Crippen molar-refractivity contribution in [1.29, 1.82) is 0 Å². The SMILES string of the molecule is CC(C)(O)CC1CC2CC1CC2O. The normalized spacial score (nSPS) is 44.3. The van der Waals surface area contributed by atoms with Gasteiger partial charge in [-0.2, -0.15) is 0 Å². The monoisotopic (exact) mass is 184 g/mol. The summed E-state index contributed by atoms with van der Waals surface area (Å²) in [5, 5.41) is 19.3. The second kappa shape index (κ2) is 2.96. The van der Waals surface area contributed by atoms with Crippen molar-refractivity contribution < 1.29 is 10.2 Å². The molecule has 2 aliphatic carbocycles. The maximum atomic E-state index is 9.71. The van der Waals surface area contributed by atoms with E-state index < -0.39 is 5.60 Å². The molecule has 0 amide bonds. The molecule has 2 rings (SSSR count). The van der Waals surface area contributed by atoms with E-state index in [2.05, 4.69) is 0 Å². The van der Waals surface area contributed by atoms with Gasteiger partial charge in [-0.15, -0.1) is 0 Å². The first kappa shape index (κ1) is 9.47. The number of aliphatic hydroxyl groups is 2. The van der Waals surface area contributed by atoms with Gasteiger partial charge in [0.15, 0.2) is 0 Å². The van der Waals surface area contributed by atoms with Crippen molar-refractivity contribution in [3.63, 3.8) is 0 Å². The van der Waals surface area contributed by atoms with Crippen LogP contribution in [0.25, 0.3) is 0 Å². The smallest absolute Gasteiger partial charge is 0.0594 e. The highest BCUT2D eigenvalue weighted by molar-refractivity contribution is 4.96. The first-order valence-electron chi connectivity index (χ1n) is 5.36. The van der Waals surface area contributed by atoms with Gasteiger partial charge in [0.05, 0.1) is 11.7 Å². The molecule has 2 N–H and O–H groups in total. The summed E-state index contributed by atoms with van der Waals surface area (Å²) < 4.78 is 0. The van der Waals surface area contributed by atoms with E-state index in [-0.39, 0.29) is 6.10 Å². The zero-order valence-electron chi connectivity index (χ0n) is 8.53. The third-order valence-corrected chi connectivity index (χ3v) is 3.73. The molecule has 0 radical (unpaired) electrons. The zero-order valence-corrected chi connectivity index (χ0v) is 8.53. The van der Waals surface area contributed by atoms with Gasteiger partial charge in [0.2, 0.25) is 0 Å². The fraction of sp³-hybridized carbons (Fsp3) is 1.00. The molecule has 2 saturated carbocycles. The summed E-state index contributed by atoms with van der Waals surface area (Å²) >= 11 is 0. The van der Waals surface area contributed by atoms with Crippen LogP contribution in [0.2, 0.25) is 0 Å². The third-order valence-electron chi connectivity index (χ3n) is 3.73. The molecule has 0 aliphatic heterocycles. The van der Waals surface area contributed by atoms with Gasteiger partial charge in [-0.3, -0.25) is 0 Å². The quantitative estimate of drug-likeness (QED) is 0.683. The standard InChI is InChI=1S/C11H20O2/c1-11(2,13)6-9-4-8-3-7(9)5-10(8)12/h7-10,12-13H,3-6H2,1-2H3. The number of fused-ring (bicyclic) bond motifs is 2. The first-order chi connectivity index (χ1) is 5.96. The fourth-order valence-corrected chi connectivity index (χ4v) is 3.26. The molecule has 0 aromatic carbocycles. The molecule has 4 atom stereocenters. The van der Waals surface area contributed by atoms with Gasteiger partial charge in [0.25, 0.3) is 0 Å². The van der Waals surface area contributed by atoms with E-state index in [1.165, 1.54) is 6.42 Å². The van der Waals surface area contributed by atoms with Crippen LogP contribution in [-0.4, -0.2) is 21.9 Å². The average molecular weight is 184 g/mol. The van der Waals surface area contributed by atoms with Crippen LogP contribution in [0.15, 0.2) is 0 Å². The Morgan fingerprint density at radius 1 is 1.15 bits per heavy atom. The van der Waals surface area contributed by atoms with Crippen LogP contribution < -0.4 is 0 Å². The molecule has 4 unspecified atom stereocenters. The molecule has 2 nitrogen and oxygen atoms in total. The van der Waals surface area contributed by atoms with Crippen LogP contribution in [0.1, 0.15) is 39.5 Å². The summed E-state index contributed by atoms with van der Waals surface area (Å²) in [6, 6.07) is 0. The van der Waals surface area contributed by atoms with Crippen LogP contribution >= 0.6 is 0 Å². The van der Waals surface area contributed by atoms with Crippen molar-refractivity contribution in [2.75, 3.05) is 0 Å². The first-order valence-corrected chi connectivity index (χ1v) is 5.36. The van der Waals surface area contributed by atoms with E-state index in [1.807, 2.05) is 13.8 Å². The molecule has 76 valence electrons. The van der Waals surface area contributed by atoms with Crippen molar-refractivity contribution in [2.24, 2.45) is 17.8 Å². The molecule has 2 fully saturated rings. The van der Waals surface area contributed by atoms with Crippen molar-refractivity contribution >= 4 is 0 Å². The van der Waals surface area contributed by atoms with E-state index in [0.717, 1.165) is 19.3 Å². The number of hydrogen-bond acceptors (Lipinski definition) is 2. The summed E-state index contributed by atoms with van der Waals surface area (Å²) in [4.78, 5) is 0. The van der Waals surface area contributed by atoms with Crippen LogP contribution in [-0.2, 0) is 0 Å². The highest BCUT2D eigenvalue weighted by Crippen LogP contribution is 2.50. The maximum Gasteiger partial charge on any atom is 0.0594 e. The molecular weight excluding hydrogens is 164 g/mol. The van der Waals surface area contributed by atoms with E-state index in [0.29, 0.717) is 17.8 Å². The summed E-state index contributed by atoms with van der Waals surface area (Å²) in [5.41, 5.74) is -0.528. The van der Waals surface area contributed by atoms with Crippen molar-refractivity contribution in [1.82, 2.24) is 0 Å². The zero-order chi connectivity index (χ0) is 9.64. The molecule has 0 aromatic heterocycles. The maximum absolute atomic E-state index is 9.71. The summed E-state index contributed by atoms with van der Waals surface area (Å²) in [6.45, 7) is 3.77. The second-order valence-electron chi connectivity index (χ2n) is 5.57. The lowest BCUT2D eigenvalue weighted by Crippen LogP contribution is -2.29. The topological polar surface area (TPSA) is 40.5 Å². The second-order valence-corrected chi connectivity index (χ2v) is 5.57. The Hall–Kier alpha value is -0.0800. The van der Waals surface area contributed by atoms with Crippen LogP contribution in [0.4, 0.5) is 0 Å². The molecule has 2 bridgehead atoms. The molecule has 0 spiro atoms. The Labute approximate surface area is 80.0 Å². The largest absolute Gasteiger partial charge is 0.393 e. The third kappa shape index (κ3) is 1.89. The number of hydrogen-bond donors (Lipinski definition) is 2. The minimum absolute atomic E-state index is 0.0388. The lowest BCUT2D eigenvalue weighted by atomic mass is 9.81. The van der Waals surface area contributed by atoms with Crippen LogP contribution in [0, 0.1) is 17.8 Å². The van der Waals surface area contributed by atoms with Crippen molar-refractivity contribution in [3.8, 4) is 0 Å². The van der Waals surface area contributed by atoms with Gasteiger partial charge in [-0.05, 0) is 57.3 Å². The molecule has 0 saturated heterocycles. The Morgan fingerprint density at radius 2 is 1.85 bits per heavy atom. The Balaban J connectivity index is 1.92. The van der Waals surface area contributed by atoms with Gasteiger partial charge in [-0.1, -0.05) is 0 Å². The van der Waals surface area contributed by atoms with E-state index in [1.54, 1.807) is 0 Å². The van der Waals surface area contributed by atoms with E-state index in [4.69, 9.17) is 0 Å². The molecule has 2 heteroatoms. The predicted molar refractivity (Wildman–Crippen MR) is 51.2 cm³/mol. The minimum Gasteiger partial charge on any atom is -0.393 e. The fourth-order valence-electron chi connectivity index (χ4n) is 3.26. The van der Waals surface area contributed by atoms with Gasteiger partial charge >= 0.3 is 0 Å². The lowest BCUT2D eigenvalue weighted by Gasteiger charge is -2.29. The molecule has 0 aromatic rings. The van der Waals surface area contributed by atoms with Crippen LogP contribution in [0.5, 0.6) is 0 Å². The highest BCUT2D eigenvalue weighted by atomic mass is 16.3. The predicted octanol–water partition coefficient (Wildman–Crippen LogP) is 1.55. The average Bonchev–Trinajstić information content (AvgIpc) is 2.42. The molecule has 0 heterocycles. The highest BCUT2D eigenvalue weighted by Gasteiger charge is 2.45. The van der Waals surface area contributed by atoms with Crippen molar-refractivity contribution in [3.05, 3.63) is 0 Å². The molecule has 2 aliphatic rings. The number of rotatable bonds is 2. The summed E-state index contributed by atoms with van der Waals surface area (Å²) in [5.74, 6) is 1.89. The van der Waals surface area contributed by atoms with Gasteiger partial charge in [-0.25, -0.2) is 0 Å². The van der Waals surface area contributed by atoms with E-state index in [9.17, 15) is 10.2 Å². The van der Waals surface area contributed by atoms with Gasteiger partial charge < -0.3 is 10.2 Å². The van der Waals surface area contributed by atoms with Crippen molar-refractivity contribution in [2.45, 2.75) is 51.2 Å². The van der Waals surface area contributed by atoms with E-state index >= 15 is 0 Å². The molecule has 13 heavy (non-hydrogen) atoms. The Kier molecular flexibility index (Phi) is 2.16. The summed E-state index contributed by atoms with van der Waals surface area (Å²) in [6.07, 6.45) is 4.17. The number of aliphatic hydroxyl groups excluding tert-OH is 1. The van der Waals surface area contributed by atoms with Gasteiger partial charge in [0.1, 0.15) is 0 Å². The summed E-state index contributed by atoms with van der Waals surface area (Å²) in [7, 11) is 0. The minimum atomic E-state index is -0.528.